The van der Waals surface area contributed by atoms with Crippen molar-refractivity contribution in [2.24, 2.45) is 5.73 Å². The molecule has 2 N–H and O–H groups in total. The molecule has 1 aromatic carbocycles. The molecular formula is C18H27BN2O3. The lowest BCUT2D eigenvalue weighted by Crippen LogP contribution is -2.43. The van der Waals surface area contributed by atoms with E-state index in [0.29, 0.717) is 5.56 Å². The number of benzene rings is 1. The van der Waals surface area contributed by atoms with Gasteiger partial charge < -0.3 is 19.9 Å². The lowest BCUT2D eigenvalue weighted by atomic mass is 9.79. The van der Waals surface area contributed by atoms with E-state index in [9.17, 15) is 4.79 Å². The van der Waals surface area contributed by atoms with E-state index in [4.69, 9.17) is 15.0 Å². The molecule has 2 saturated heterocycles. The normalized spacial score (nSPS) is 23.5. The van der Waals surface area contributed by atoms with Crippen molar-refractivity contribution < 1.29 is 14.1 Å². The fourth-order valence-electron chi connectivity index (χ4n) is 3.05. The molecule has 0 spiro atoms. The molecule has 0 aromatic heterocycles. The molecule has 0 aliphatic carbocycles. The zero-order valence-electron chi connectivity index (χ0n) is 15.0. The summed E-state index contributed by atoms with van der Waals surface area (Å²) in [5, 5.41) is 0. The van der Waals surface area contributed by atoms with Crippen LogP contribution in [-0.4, -0.2) is 48.3 Å². The van der Waals surface area contributed by atoms with Crippen molar-refractivity contribution in [3.8, 4) is 0 Å². The van der Waals surface area contributed by atoms with Crippen LogP contribution in [0.3, 0.4) is 0 Å². The summed E-state index contributed by atoms with van der Waals surface area (Å²) in [4.78, 5) is 14.4. The van der Waals surface area contributed by atoms with Crippen molar-refractivity contribution in [1.82, 2.24) is 4.90 Å². The number of amides is 1. The van der Waals surface area contributed by atoms with E-state index in [2.05, 4.69) is 0 Å². The maximum Gasteiger partial charge on any atom is 0.494 e. The topological polar surface area (TPSA) is 64.8 Å². The largest absolute Gasteiger partial charge is 0.494 e. The molecule has 2 aliphatic heterocycles. The van der Waals surface area contributed by atoms with Crippen molar-refractivity contribution in [2.45, 2.75) is 57.8 Å². The van der Waals surface area contributed by atoms with E-state index in [0.717, 1.165) is 31.4 Å². The van der Waals surface area contributed by atoms with E-state index >= 15 is 0 Å². The standard InChI is InChI=1S/C18H27BN2O3/c1-17(2)18(3,4)24-19(23-17)14-7-5-13(6-8-14)16(22)21-11-9-15(20)10-12-21/h5-8,15H,9-12,20H2,1-4H3. The van der Waals surface area contributed by atoms with Crippen molar-refractivity contribution in [1.29, 1.82) is 0 Å². The first-order chi connectivity index (χ1) is 11.2. The van der Waals surface area contributed by atoms with E-state index in [-0.39, 0.29) is 23.2 Å². The smallest absolute Gasteiger partial charge is 0.399 e. The number of hydrogen-bond acceptors (Lipinski definition) is 4. The van der Waals surface area contributed by atoms with E-state index < -0.39 is 7.12 Å². The Morgan fingerprint density at radius 1 is 1.08 bits per heavy atom. The highest BCUT2D eigenvalue weighted by Crippen LogP contribution is 2.36. The Hall–Kier alpha value is -1.37. The van der Waals surface area contributed by atoms with Gasteiger partial charge in [0.25, 0.3) is 5.91 Å². The van der Waals surface area contributed by atoms with Gasteiger partial charge in [-0.25, -0.2) is 0 Å². The summed E-state index contributed by atoms with van der Waals surface area (Å²) in [6.07, 6.45) is 1.75. The maximum atomic E-state index is 12.6. The second-order valence-corrected chi connectivity index (χ2v) is 7.84. The van der Waals surface area contributed by atoms with Crippen molar-refractivity contribution in [3.05, 3.63) is 29.8 Å². The first-order valence-electron chi connectivity index (χ1n) is 8.70. The molecule has 0 radical (unpaired) electrons. The lowest BCUT2D eigenvalue weighted by molar-refractivity contribution is 0.00578. The Balaban J connectivity index is 1.69. The van der Waals surface area contributed by atoms with E-state index in [1.807, 2.05) is 56.9 Å². The second-order valence-electron chi connectivity index (χ2n) is 7.84. The van der Waals surface area contributed by atoms with Gasteiger partial charge in [0.15, 0.2) is 0 Å². The van der Waals surface area contributed by atoms with E-state index in [1.54, 1.807) is 0 Å². The predicted molar refractivity (Wildman–Crippen MR) is 95.3 cm³/mol. The molecule has 0 atom stereocenters. The summed E-state index contributed by atoms with van der Waals surface area (Å²) in [5.41, 5.74) is 6.81. The number of piperidine rings is 1. The molecule has 0 saturated carbocycles. The van der Waals surface area contributed by atoms with Gasteiger partial charge in [0.05, 0.1) is 11.2 Å². The minimum Gasteiger partial charge on any atom is -0.399 e. The molecule has 130 valence electrons. The Bertz CT molecular complexity index is 591. The Labute approximate surface area is 144 Å². The van der Waals surface area contributed by atoms with Gasteiger partial charge >= 0.3 is 7.12 Å². The number of carbonyl (C=O) groups is 1. The zero-order chi connectivity index (χ0) is 17.5. The van der Waals surface area contributed by atoms with Crippen molar-refractivity contribution in [2.75, 3.05) is 13.1 Å². The van der Waals surface area contributed by atoms with Gasteiger partial charge in [-0.15, -0.1) is 0 Å². The minimum absolute atomic E-state index is 0.0716. The predicted octanol–water partition coefficient (Wildman–Crippen LogP) is 1.55. The van der Waals surface area contributed by atoms with Gasteiger partial charge in [0.1, 0.15) is 0 Å². The van der Waals surface area contributed by atoms with Crippen LogP contribution in [-0.2, 0) is 9.31 Å². The van der Waals surface area contributed by atoms with Gasteiger partial charge in [-0.05, 0) is 58.1 Å². The maximum absolute atomic E-state index is 12.6. The van der Waals surface area contributed by atoms with Gasteiger partial charge in [-0.3, -0.25) is 4.79 Å². The van der Waals surface area contributed by atoms with Crippen LogP contribution in [0.2, 0.25) is 0 Å². The quantitative estimate of drug-likeness (QED) is 0.836. The summed E-state index contributed by atoms with van der Waals surface area (Å²) in [6.45, 7) is 9.60. The lowest BCUT2D eigenvalue weighted by Gasteiger charge is -2.32. The number of nitrogens with zero attached hydrogens (tertiary/aromatic N) is 1. The molecule has 2 heterocycles. The monoisotopic (exact) mass is 330 g/mol. The third-order valence-electron chi connectivity index (χ3n) is 5.51. The average molecular weight is 330 g/mol. The van der Waals surface area contributed by atoms with E-state index in [1.165, 1.54) is 0 Å². The summed E-state index contributed by atoms with van der Waals surface area (Å²) < 4.78 is 12.1. The summed E-state index contributed by atoms with van der Waals surface area (Å²) >= 11 is 0. The van der Waals surface area contributed by atoms with Crippen LogP contribution in [0.15, 0.2) is 24.3 Å². The molecule has 3 rings (SSSR count). The first-order valence-corrected chi connectivity index (χ1v) is 8.70. The Kier molecular flexibility index (Phi) is 4.49. The van der Waals surface area contributed by atoms with Crippen molar-refractivity contribution >= 4 is 18.5 Å². The Morgan fingerprint density at radius 2 is 1.58 bits per heavy atom. The highest BCUT2D eigenvalue weighted by Gasteiger charge is 2.51. The molecule has 24 heavy (non-hydrogen) atoms. The van der Waals surface area contributed by atoms with Crippen LogP contribution in [0.1, 0.15) is 50.9 Å². The average Bonchev–Trinajstić information content (AvgIpc) is 2.76. The number of hydrogen-bond donors (Lipinski definition) is 1. The third kappa shape index (κ3) is 3.23. The Morgan fingerprint density at radius 3 is 2.08 bits per heavy atom. The molecular weight excluding hydrogens is 303 g/mol. The SMILES string of the molecule is CC1(C)OB(c2ccc(C(=O)N3CCC(N)CC3)cc2)OC1(C)C. The molecule has 1 amide bonds. The number of nitrogens with two attached hydrogens (primary N) is 1. The number of carbonyl (C=O) groups excluding carboxylic acids is 1. The van der Waals surface area contributed by atoms with Crippen LogP contribution in [0.4, 0.5) is 0 Å². The van der Waals surface area contributed by atoms with Crippen LogP contribution < -0.4 is 11.2 Å². The molecule has 0 unspecified atom stereocenters. The van der Waals surface area contributed by atoms with Gasteiger partial charge in [-0.1, -0.05) is 12.1 Å². The summed E-state index contributed by atoms with van der Waals surface area (Å²) in [6, 6.07) is 7.78. The molecule has 6 heteroatoms. The molecule has 2 aliphatic rings. The first kappa shape index (κ1) is 17.5. The second kappa shape index (κ2) is 6.17. The van der Waals surface area contributed by atoms with Crippen LogP contribution in [0.5, 0.6) is 0 Å². The van der Waals surface area contributed by atoms with Crippen LogP contribution in [0.25, 0.3) is 0 Å². The molecule has 5 nitrogen and oxygen atoms in total. The fourth-order valence-corrected chi connectivity index (χ4v) is 3.05. The minimum atomic E-state index is -0.396. The fraction of sp³-hybridized carbons (Fsp3) is 0.611. The summed E-state index contributed by atoms with van der Waals surface area (Å²) in [7, 11) is -0.396. The van der Waals surface area contributed by atoms with Gasteiger partial charge in [0, 0.05) is 24.7 Å². The molecule has 1 aromatic rings. The summed E-state index contributed by atoms with van der Waals surface area (Å²) in [5.74, 6) is 0.0716. The highest BCUT2D eigenvalue weighted by atomic mass is 16.7. The van der Waals surface area contributed by atoms with Crippen molar-refractivity contribution in [3.63, 3.8) is 0 Å². The van der Waals surface area contributed by atoms with Gasteiger partial charge in [-0.2, -0.15) is 0 Å². The molecule has 2 fully saturated rings. The van der Waals surface area contributed by atoms with Gasteiger partial charge in [0.2, 0.25) is 0 Å². The third-order valence-corrected chi connectivity index (χ3v) is 5.51. The number of rotatable bonds is 2. The highest BCUT2D eigenvalue weighted by molar-refractivity contribution is 6.62. The van der Waals surface area contributed by atoms with Crippen LogP contribution in [0, 0.1) is 0 Å². The van der Waals surface area contributed by atoms with Crippen LogP contribution >= 0.6 is 0 Å². The molecule has 0 bridgehead atoms. The number of likely N-dealkylation sites (tertiary alicyclic amines) is 1. The zero-order valence-corrected chi connectivity index (χ0v) is 15.0.